The number of carboxylic acids is 1. The van der Waals surface area contributed by atoms with Gasteiger partial charge in [-0.25, -0.2) is 36.7 Å². The maximum atomic E-state index is 12.8. The number of aromatic carboxylic acids is 1. The zero-order chi connectivity index (χ0) is 59.6. The molecule has 0 aliphatic heterocycles. The van der Waals surface area contributed by atoms with Crippen LogP contribution in [0.2, 0.25) is 0 Å². The number of rotatable bonds is 18. The molecule has 0 unspecified atom stereocenters. The van der Waals surface area contributed by atoms with E-state index in [0.29, 0.717) is 35.9 Å². The summed E-state index contributed by atoms with van der Waals surface area (Å²) in [5.41, 5.74) is 11.0. The van der Waals surface area contributed by atoms with E-state index in [2.05, 4.69) is 19.9 Å². The fraction of sp³-hybridized carbons (Fsp3) is 0.258. The number of aromatic amines is 4. The third-order valence-electron chi connectivity index (χ3n) is 11.8. The Hall–Kier alpha value is -8.77. The number of hydrogen-bond donors (Lipinski definition) is 5. The summed E-state index contributed by atoms with van der Waals surface area (Å²) in [5.74, 6) is -3.31. The standard InChI is InChI=1S/C16H16FNO3.C16H18FNO2.C14H14FNO2.C8H6ClFO.C8H11NO2/c1-3-21-16(20)14-9-13(10(2)18-14)15(19)8-11-4-6-12(17)7-5-11;1-3-20-16(19)15-10-13(11(2)18-15)7-4-12-5-8-14(17)9-6-12;1-9-11(8-13(16-9)14(17)18)5-2-10-3-6-12(15)7-4-10;9-8(11)5-6-1-3-7(10)4-2-6;1-3-11-8(10)7-5-4-6(2)9-7/h4-7,9,18H,3,8H2,1-2H3;5-6,8-10,18H,3-4,7H2,1-2H3;3-4,6-8,16H,2,5H2,1H3,(H,17,18);1-4H,5H2;4-5,9H,3H2,1-2H3. The first-order valence-corrected chi connectivity index (χ1v) is 26.1. The average Bonchev–Trinajstić information content (AvgIpc) is 4.28. The quantitative estimate of drug-likeness (QED) is 0.0180. The van der Waals surface area contributed by atoms with Crippen LogP contribution in [-0.4, -0.2) is 79.8 Å². The Morgan fingerprint density at radius 3 is 1.16 bits per heavy atom. The van der Waals surface area contributed by atoms with Crippen LogP contribution < -0.4 is 0 Å². The van der Waals surface area contributed by atoms with E-state index in [4.69, 9.17) is 30.9 Å². The van der Waals surface area contributed by atoms with E-state index in [9.17, 15) is 46.3 Å². The normalized spacial score (nSPS) is 10.3. The van der Waals surface area contributed by atoms with Crippen molar-refractivity contribution < 1.29 is 65.6 Å². The zero-order valence-corrected chi connectivity index (χ0v) is 46.8. The summed E-state index contributed by atoms with van der Waals surface area (Å²) in [7, 11) is 0. The Bertz CT molecular complexity index is 3310. The second-order valence-corrected chi connectivity index (χ2v) is 18.5. The molecule has 0 saturated carbocycles. The van der Waals surface area contributed by atoms with Gasteiger partial charge < -0.3 is 39.3 Å². The number of aryl methyl sites for hydroxylation is 8. The molecule has 14 nitrogen and oxygen atoms in total. The Morgan fingerprint density at radius 2 is 0.790 bits per heavy atom. The lowest BCUT2D eigenvalue weighted by Crippen LogP contribution is -2.05. The van der Waals surface area contributed by atoms with Crippen molar-refractivity contribution in [1.82, 2.24) is 19.9 Å². The highest BCUT2D eigenvalue weighted by molar-refractivity contribution is 6.63. The van der Waals surface area contributed by atoms with Crippen LogP contribution in [0.4, 0.5) is 17.6 Å². The van der Waals surface area contributed by atoms with Gasteiger partial charge in [-0.05, 0) is 198 Å². The Kier molecular flexibility index (Phi) is 26.4. The maximum Gasteiger partial charge on any atom is 0.354 e. The predicted octanol–water partition coefficient (Wildman–Crippen LogP) is 13.1. The number of hydrogen-bond acceptors (Lipinski definition) is 9. The predicted molar refractivity (Wildman–Crippen MR) is 300 cm³/mol. The summed E-state index contributed by atoms with van der Waals surface area (Å²) in [5, 5.41) is 8.43. The molecule has 4 aromatic heterocycles. The molecule has 428 valence electrons. The lowest BCUT2D eigenvalue weighted by Gasteiger charge is -2.01. The van der Waals surface area contributed by atoms with E-state index >= 15 is 0 Å². The van der Waals surface area contributed by atoms with Crippen LogP contribution in [0.15, 0.2) is 127 Å². The third-order valence-corrected chi connectivity index (χ3v) is 12.0. The average molecular weight is 1140 g/mol. The number of H-pyrrole nitrogens is 4. The van der Waals surface area contributed by atoms with Gasteiger partial charge in [0.05, 0.1) is 19.8 Å². The second kappa shape index (κ2) is 33.0. The van der Waals surface area contributed by atoms with Crippen molar-refractivity contribution >= 4 is 46.5 Å². The minimum Gasteiger partial charge on any atom is -0.477 e. The number of ether oxygens (including phenoxy) is 3. The largest absolute Gasteiger partial charge is 0.477 e. The van der Waals surface area contributed by atoms with Crippen LogP contribution in [0.5, 0.6) is 0 Å². The highest BCUT2D eigenvalue weighted by Gasteiger charge is 2.18. The summed E-state index contributed by atoms with van der Waals surface area (Å²) in [4.78, 5) is 79.3. The van der Waals surface area contributed by atoms with Gasteiger partial charge in [-0.2, -0.15) is 0 Å². The molecule has 4 heterocycles. The minimum absolute atomic E-state index is 0.133. The Labute approximate surface area is 472 Å². The van der Waals surface area contributed by atoms with E-state index in [-0.39, 0.29) is 71.8 Å². The second-order valence-electron chi connectivity index (χ2n) is 18.0. The van der Waals surface area contributed by atoms with Gasteiger partial charge in [0.1, 0.15) is 46.0 Å². The van der Waals surface area contributed by atoms with Crippen LogP contribution in [0.25, 0.3) is 0 Å². The topological polar surface area (TPSA) is 213 Å². The monoisotopic (exact) mass is 1140 g/mol. The van der Waals surface area contributed by atoms with Crippen LogP contribution >= 0.6 is 11.6 Å². The molecule has 0 amide bonds. The van der Waals surface area contributed by atoms with E-state index < -0.39 is 17.2 Å². The van der Waals surface area contributed by atoms with Gasteiger partial charge in [0.15, 0.2) is 5.78 Å². The SMILES string of the molecule is CCOC(=O)c1cc(C(=O)Cc2ccc(F)cc2)c(C)[nH]1.CCOC(=O)c1cc(CCc2ccc(F)cc2)c(C)[nH]1.CCOC(=O)c1ccc(C)[nH]1.Cc1[nH]c(C(=O)O)cc1CCc1ccc(F)cc1.O=C(Cl)Cc1ccc(F)cc1. The fourth-order valence-corrected chi connectivity index (χ4v) is 7.81. The molecular weight excluding hydrogens is 1070 g/mol. The number of carboxylic acid groups (broad SMARTS) is 1. The molecule has 0 fully saturated rings. The number of carbonyl (C=O) groups excluding carboxylic acids is 5. The number of carbonyl (C=O) groups is 6. The van der Waals surface area contributed by atoms with E-state index in [1.165, 1.54) is 66.7 Å². The highest BCUT2D eigenvalue weighted by atomic mass is 35.5. The first-order chi connectivity index (χ1) is 38.6. The number of Topliss-reactive ketones (excluding diaryl/α,β-unsaturated/α-hetero) is 1. The lowest BCUT2D eigenvalue weighted by molar-refractivity contribution is -0.111. The van der Waals surface area contributed by atoms with Crippen molar-refractivity contribution in [2.75, 3.05) is 19.8 Å². The molecule has 0 saturated heterocycles. The van der Waals surface area contributed by atoms with Gasteiger partial charge in [-0.15, -0.1) is 0 Å². The van der Waals surface area contributed by atoms with Gasteiger partial charge in [0, 0.05) is 41.2 Å². The van der Waals surface area contributed by atoms with Crippen LogP contribution in [0, 0.1) is 51.0 Å². The minimum atomic E-state index is -0.953. The summed E-state index contributed by atoms with van der Waals surface area (Å²) in [6.45, 7) is 13.7. The lowest BCUT2D eigenvalue weighted by atomic mass is 10.0. The van der Waals surface area contributed by atoms with Crippen molar-refractivity contribution in [2.24, 2.45) is 0 Å². The molecule has 8 aromatic rings. The summed E-state index contributed by atoms with van der Waals surface area (Å²) < 4.78 is 65.3. The number of benzene rings is 4. The van der Waals surface area contributed by atoms with E-state index in [1.54, 1.807) is 76.2 Å². The van der Waals surface area contributed by atoms with Crippen molar-refractivity contribution in [2.45, 2.75) is 87.0 Å². The van der Waals surface area contributed by atoms with Gasteiger partial charge >= 0.3 is 23.9 Å². The first kappa shape index (κ1) is 64.8. The number of aromatic nitrogens is 4. The molecule has 81 heavy (non-hydrogen) atoms. The van der Waals surface area contributed by atoms with Gasteiger partial charge in [0.2, 0.25) is 5.24 Å². The molecule has 0 aliphatic rings. The Balaban J connectivity index is 0.000000223. The van der Waals surface area contributed by atoms with Crippen molar-refractivity contribution in [1.29, 1.82) is 0 Å². The number of nitrogens with one attached hydrogen (secondary N) is 4. The van der Waals surface area contributed by atoms with Gasteiger partial charge in [0.25, 0.3) is 0 Å². The number of ketones is 1. The summed E-state index contributed by atoms with van der Waals surface area (Å²) >= 11 is 5.12. The molecule has 4 aromatic carbocycles. The first-order valence-electron chi connectivity index (χ1n) is 25.7. The summed E-state index contributed by atoms with van der Waals surface area (Å²) in [6.07, 6.45) is 3.41. The maximum absolute atomic E-state index is 12.8. The number of esters is 3. The van der Waals surface area contributed by atoms with Crippen molar-refractivity contribution in [3.8, 4) is 0 Å². The highest BCUT2D eigenvalue weighted by Crippen LogP contribution is 2.18. The molecule has 0 spiro atoms. The molecule has 0 atom stereocenters. The molecule has 19 heteroatoms. The van der Waals surface area contributed by atoms with E-state index in [0.717, 1.165) is 76.1 Å². The van der Waals surface area contributed by atoms with Crippen molar-refractivity contribution in [3.63, 3.8) is 0 Å². The summed E-state index contributed by atoms with van der Waals surface area (Å²) in [6, 6.07) is 32.8. The smallest absolute Gasteiger partial charge is 0.354 e. The Morgan fingerprint density at radius 1 is 0.432 bits per heavy atom. The number of halogens is 5. The van der Waals surface area contributed by atoms with Gasteiger partial charge in [-0.1, -0.05) is 48.5 Å². The molecule has 0 aliphatic carbocycles. The molecule has 8 rings (SSSR count). The molecular formula is C62H65ClF4N4O10. The van der Waals surface area contributed by atoms with Crippen molar-refractivity contribution in [3.05, 3.63) is 235 Å². The van der Waals surface area contributed by atoms with Crippen LogP contribution in [0.1, 0.15) is 129 Å². The molecule has 0 bridgehead atoms. The fourth-order valence-electron chi connectivity index (χ4n) is 7.66. The van der Waals surface area contributed by atoms with E-state index in [1.807, 2.05) is 32.9 Å². The molecule has 0 radical (unpaired) electrons. The van der Waals surface area contributed by atoms with Gasteiger partial charge in [-0.3, -0.25) is 9.59 Å². The van der Waals surface area contributed by atoms with Crippen LogP contribution in [-0.2, 0) is 57.5 Å². The van der Waals surface area contributed by atoms with Crippen LogP contribution in [0.3, 0.4) is 0 Å². The third kappa shape index (κ3) is 22.5. The molecule has 5 N–H and O–H groups in total. The zero-order valence-electron chi connectivity index (χ0n) is 46.0.